The van der Waals surface area contributed by atoms with E-state index >= 15 is 0 Å². The summed E-state index contributed by atoms with van der Waals surface area (Å²) >= 11 is 5.98. The quantitative estimate of drug-likeness (QED) is 0.448. The largest absolute Gasteiger partial charge is 0.451 e. The van der Waals surface area contributed by atoms with Crippen molar-refractivity contribution in [3.63, 3.8) is 0 Å². The topological polar surface area (TPSA) is 76.6 Å². The monoisotopic (exact) mass is 372 g/mol. The van der Waals surface area contributed by atoms with Crippen molar-refractivity contribution in [3.8, 4) is 0 Å². The van der Waals surface area contributed by atoms with Gasteiger partial charge in [-0.1, -0.05) is 30.7 Å². The van der Waals surface area contributed by atoms with E-state index in [1.165, 1.54) is 12.1 Å². The number of fused-ring (bicyclic) bond motifs is 1. The van der Waals surface area contributed by atoms with Crippen LogP contribution < -0.4 is 0 Å². The summed E-state index contributed by atoms with van der Waals surface area (Å²) in [4.78, 5) is 24.8. The first-order valence-electron chi connectivity index (χ1n) is 8.19. The number of benzene rings is 2. The average molecular weight is 373 g/mol. The number of hydrogen-bond acceptors (Lipinski definition) is 4. The molecule has 1 amide bonds. The lowest BCUT2D eigenvalue weighted by atomic mass is 10.2. The number of non-ortho nitro benzene ring substituents is 1. The predicted molar refractivity (Wildman–Crippen MR) is 99.4 cm³/mol. The normalized spacial score (nSPS) is 10.8. The Kier molecular flexibility index (Phi) is 5.23. The van der Waals surface area contributed by atoms with E-state index in [0.717, 1.165) is 17.4 Å². The van der Waals surface area contributed by atoms with Gasteiger partial charge in [-0.3, -0.25) is 14.9 Å². The van der Waals surface area contributed by atoms with Crippen LogP contribution >= 0.6 is 11.6 Å². The van der Waals surface area contributed by atoms with Gasteiger partial charge in [0.25, 0.3) is 11.6 Å². The molecule has 0 aliphatic rings. The molecule has 0 bridgehead atoms. The molecule has 26 heavy (non-hydrogen) atoms. The van der Waals surface area contributed by atoms with Gasteiger partial charge in [0, 0.05) is 35.6 Å². The first kappa shape index (κ1) is 17.9. The number of carbonyl (C=O) groups excluding carboxylic acids is 1. The van der Waals surface area contributed by atoms with E-state index in [0.29, 0.717) is 23.7 Å². The Morgan fingerprint density at radius 3 is 2.58 bits per heavy atom. The van der Waals surface area contributed by atoms with Crippen LogP contribution in [0.15, 0.2) is 52.9 Å². The summed E-state index contributed by atoms with van der Waals surface area (Å²) in [5, 5.41) is 12.1. The number of halogens is 1. The Hall–Kier alpha value is -2.86. The number of carbonyl (C=O) groups is 1. The molecule has 0 N–H and O–H groups in total. The van der Waals surface area contributed by atoms with Gasteiger partial charge in [0.05, 0.1) is 4.92 Å². The van der Waals surface area contributed by atoms with Crippen LogP contribution in [0.25, 0.3) is 11.0 Å². The Balaban J connectivity index is 1.83. The molecule has 0 aliphatic carbocycles. The van der Waals surface area contributed by atoms with Gasteiger partial charge in [0.1, 0.15) is 5.58 Å². The van der Waals surface area contributed by atoms with Crippen molar-refractivity contribution < 1.29 is 14.1 Å². The lowest BCUT2D eigenvalue weighted by Crippen LogP contribution is -2.31. The number of nitro benzene ring substituents is 1. The minimum atomic E-state index is -0.446. The zero-order valence-electron chi connectivity index (χ0n) is 14.1. The van der Waals surface area contributed by atoms with Crippen molar-refractivity contribution in [1.82, 2.24) is 4.90 Å². The average Bonchev–Trinajstić information content (AvgIpc) is 3.04. The van der Waals surface area contributed by atoms with Crippen LogP contribution in [0.5, 0.6) is 0 Å². The van der Waals surface area contributed by atoms with E-state index in [9.17, 15) is 14.9 Å². The van der Waals surface area contributed by atoms with E-state index < -0.39 is 4.92 Å². The molecule has 3 aromatic rings. The molecule has 0 atom stereocenters. The fourth-order valence-corrected chi connectivity index (χ4v) is 2.92. The van der Waals surface area contributed by atoms with Crippen LogP contribution in [0, 0.1) is 10.1 Å². The second kappa shape index (κ2) is 7.58. The number of rotatable bonds is 6. The number of nitro groups is 1. The Morgan fingerprint density at radius 1 is 1.19 bits per heavy atom. The molecule has 0 aliphatic heterocycles. The minimum Gasteiger partial charge on any atom is -0.451 e. The minimum absolute atomic E-state index is 0.0243. The third kappa shape index (κ3) is 3.86. The fourth-order valence-electron chi connectivity index (χ4n) is 2.74. The van der Waals surface area contributed by atoms with E-state index in [1.807, 2.05) is 6.92 Å². The maximum absolute atomic E-state index is 12.9. The highest BCUT2D eigenvalue weighted by atomic mass is 35.5. The summed E-state index contributed by atoms with van der Waals surface area (Å²) in [6.07, 6.45) is 0.783. The lowest BCUT2D eigenvalue weighted by molar-refractivity contribution is -0.384. The molecule has 0 fully saturated rings. The number of nitrogens with zero attached hydrogens (tertiary/aromatic N) is 2. The van der Waals surface area contributed by atoms with E-state index in [1.54, 1.807) is 41.3 Å². The maximum atomic E-state index is 12.9. The standard InChI is InChI=1S/C19H17ClN2O4/c1-2-9-21(12-13-3-6-16(7-4-13)22(24)25)19(23)18-11-14-10-15(20)5-8-17(14)26-18/h3-8,10-11H,2,9,12H2,1H3. The molecule has 3 rings (SSSR count). The molecule has 1 heterocycles. The summed E-state index contributed by atoms with van der Waals surface area (Å²) < 4.78 is 5.66. The summed E-state index contributed by atoms with van der Waals surface area (Å²) in [5.41, 5.74) is 1.44. The first-order valence-corrected chi connectivity index (χ1v) is 8.57. The van der Waals surface area contributed by atoms with Gasteiger partial charge in [0.2, 0.25) is 0 Å². The van der Waals surface area contributed by atoms with Crippen LogP contribution in [-0.2, 0) is 6.54 Å². The molecular formula is C19H17ClN2O4. The molecule has 2 aromatic carbocycles. The second-order valence-electron chi connectivity index (χ2n) is 5.94. The zero-order valence-corrected chi connectivity index (χ0v) is 14.9. The third-order valence-electron chi connectivity index (χ3n) is 3.99. The Labute approximate surface area is 155 Å². The van der Waals surface area contributed by atoms with Gasteiger partial charge in [-0.05, 0) is 36.2 Å². The maximum Gasteiger partial charge on any atom is 0.289 e. The van der Waals surface area contributed by atoms with Crippen LogP contribution in [-0.4, -0.2) is 22.3 Å². The summed E-state index contributed by atoms with van der Waals surface area (Å²) in [6, 6.07) is 13.1. The predicted octanol–water partition coefficient (Wildman–Crippen LogP) is 5.05. The second-order valence-corrected chi connectivity index (χ2v) is 6.38. The summed E-state index contributed by atoms with van der Waals surface area (Å²) in [6.45, 7) is 2.88. The summed E-state index contributed by atoms with van der Waals surface area (Å²) in [7, 11) is 0. The smallest absolute Gasteiger partial charge is 0.289 e. The van der Waals surface area contributed by atoms with Gasteiger partial charge in [0.15, 0.2) is 5.76 Å². The Bertz CT molecular complexity index is 950. The molecule has 6 nitrogen and oxygen atoms in total. The SMILES string of the molecule is CCCN(Cc1ccc([N+](=O)[O-])cc1)C(=O)c1cc2cc(Cl)ccc2o1. The molecule has 0 unspecified atom stereocenters. The van der Waals surface area contributed by atoms with Crippen molar-refractivity contribution in [1.29, 1.82) is 0 Å². The highest BCUT2D eigenvalue weighted by molar-refractivity contribution is 6.31. The number of amides is 1. The van der Waals surface area contributed by atoms with Crippen LogP contribution in [0.1, 0.15) is 29.5 Å². The van der Waals surface area contributed by atoms with Gasteiger partial charge in [-0.2, -0.15) is 0 Å². The van der Waals surface area contributed by atoms with E-state index in [4.69, 9.17) is 16.0 Å². The number of furan rings is 1. The van der Waals surface area contributed by atoms with Crippen LogP contribution in [0.2, 0.25) is 5.02 Å². The highest BCUT2D eigenvalue weighted by Crippen LogP contribution is 2.24. The van der Waals surface area contributed by atoms with Gasteiger partial charge >= 0.3 is 0 Å². The molecule has 0 radical (unpaired) electrons. The van der Waals surface area contributed by atoms with E-state index in [2.05, 4.69) is 0 Å². The van der Waals surface area contributed by atoms with Crippen molar-refractivity contribution in [2.75, 3.05) is 6.54 Å². The molecule has 1 aromatic heterocycles. The lowest BCUT2D eigenvalue weighted by Gasteiger charge is -2.21. The van der Waals surface area contributed by atoms with Crippen molar-refractivity contribution >= 4 is 34.2 Å². The third-order valence-corrected chi connectivity index (χ3v) is 4.23. The molecule has 0 saturated carbocycles. The van der Waals surface area contributed by atoms with Crippen molar-refractivity contribution in [2.24, 2.45) is 0 Å². The Morgan fingerprint density at radius 2 is 1.92 bits per heavy atom. The molecular weight excluding hydrogens is 356 g/mol. The van der Waals surface area contributed by atoms with Crippen LogP contribution in [0.3, 0.4) is 0 Å². The summed E-state index contributed by atoms with van der Waals surface area (Å²) in [5.74, 6) is 0.0233. The number of hydrogen-bond donors (Lipinski definition) is 0. The highest BCUT2D eigenvalue weighted by Gasteiger charge is 2.20. The molecule has 134 valence electrons. The molecule has 0 saturated heterocycles. The van der Waals surface area contributed by atoms with Crippen molar-refractivity contribution in [2.45, 2.75) is 19.9 Å². The first-order chi connectivity index (χ1) is 12.5. The molecule has 7 heteroatoms. The van der Waals surface area contributed by atoms with Gasteiger partial charge in [-0.25, -0.2) is 0 Å². The molecule has 0 spiro atoms. The van der Waals surface area contributed by atoms with Crippen molar-refractivity contribution in [3.05, 3.63) is 75.0 Å². The van der Waals surface area contributed by atoms with Gasteiger partial charge < -0.3 is 9.32 Å². The zero-order chi connectivity index (χ0) is 18.7. The van der Waals surface area contributed by atoms with E-state index in [-0.39, 0.29) is 17.4 Å². The fraction of sp³-hybridized carbons (Fsp3) is 0.211. The van der Waals surface area contributed by atoms with Crippen LogP contribution in [0.4, 0.5) is 5.69 Å². The van der Waals surface area contributed by atoms with Gasteiger partial charge in [-0.15, -0.1) is 0 Å².